The van der Waals surface area contributed by atoms with Crippen LogP contribution in [-0.2, 0) is 25.7 Å². The maximum atomic E-state index is 14.6. The number of fused-ring (bicyclic) bond motifs is 1. The smallest absolute Gasteiger partial charge is 0.311 e. The molecule has 3 aliphatic rings. The van der Waals surface area contributed by atoms with Gasteiger partial charge < -0.3 is 19.6 Å². The summed E-state index contributed by atoms with van der Waals surface area (Å²) in [5.41, 5.74) is 0.982. The molecule has 1 spiro atoms. The van der Waals surface area contributed by atoms with Gasteiger partial charge in [-0.3, -0.25) is 14.4 Å². The highest BCUT2D eigenvalue weighted by Crippen LogP contribution is 2.69. The summed E-state index contributed by atoms with van der Waals surface area (Å²) in [5.74, 6) is -1.83. The molecule has 7 nitrogen and oxygen atoms in total. The summed E-state index contributed by atoms with van der Waals surface area (Å²) in [7, 11) is 0. The molecule has 0 aromatic heterocycles. The van der Waals surface area contributed by atoms with Crippen LogP contribution in [0.1, 0.15) is 39.2 Å². The molecule has 3 fully saturated rings. The van der Waals surface area contributed by atoms with Crippen molar-refractivity contribution in [3.05, 3.63) is 61.2 Å². The zero-order valence-corrected chi connectivity index (χ0v) is 23.4. The van der Waals surface area contributed by atoms with E-state index in [1.54, 1.807) is 27.6 Å². The van der Waals surface area contributed by atoms with Gasteiger partial charge in [-0.15, -0.1) is 18.3 Å². The largest absolute Gasteiger partial charge is 0.461 e. The summed E-state index contributed by atoms with van der Waals surface area (Å²) >= 11 is 1.62. The molecule has 4 rings (SSSR count). The molecule has 1 aromatic carbocycles. The first-order valence-corrected chi connectivity index (χ1v) is 14.4. The van der Waals surface area contributed by atoms with Gasteiger partial charge in [-0.25, -0.2) is 0 Å². The fourth-order valence-electron chi connectivity index (χ4n) is 6.82. The molecule has 0 saturated carbocycles. The molecule has 8 heteroatoms. The van der Waals surface area contributed by atoms with Crippen molar-refractivity contribution in [1.29, 1.82) is 0 Å². The number of aliphatic hydroxyl groups is 1. The Hall–Kier alpha value is -2.58. The third-order valence-corrected chi connectivity index (χ3v) is 10.3. The average molecular weight is 541 g/mol. The monoisotopic (exact) mass is 540 g/mol. The van der Waals surface area contributed by atoms with Crippen LogP contribution in [0.2, 0.25) is 0 Å². The number of rotatable bonds is 12. The number of hydrogen-bond acceptors (Lipinski definition) is 6. The highest BCUT2D eigenvalue weighted by Gasteiger charge is 2.77. The van der Waals surface area contributed by atoms with Gasteiger partial charge in [-0.2, -0.15) is 0 Å². The molecule has 0 radical (unpaired) electrons. The minimum absolute atomic E-state index is 0.0366. The molecule has 3 saturated heterocycles. The first-order chi connectivity index (χ1) is 18.2. The van der Waals surface area contributed by atoms with Crippen LogP contribution in [0.25, 0.3) is 0 Å². The normalized spacial score (nSPS) is 30.3. The molecule has 3 aliphatic heterocycles. The van der Waals surface area contributed by atoms with Crippen molar-refractivity contribution in [3.8, 4) is 0 Å². The van der Waals surface area contributed by atoms with Crippen molar-refractivity contribution >= 4 is 29.5 Å². The van der Waals surface area contributed by atoms with E-state index in [0.29, 0.717) is 19.5 Å². The molecule has 7 atom stereocenters. The molecule has 1 aromatic rings. The number of ether oxygens (including phenoxy) is 1. The highest BCUT2D eigenvalue weighted by molar-refractivity contribution is 8.02. The van der Waals surface area contributed by atoms with E-state index in [4.69, 9.17) is 4.74 Å². The molecule has 2 amide bonds. The molecular weight excluding hydrogens is 500 g/mol. The lowest BCUT2D eigenvalue weighted by Crippen LogP contribution is -2.59. The Morgan fingerprint density at radius 1 is 1.26 bits per heavy atom. The van der Waals surface area contributed by atoms with E-state index in [1.165, 1.54) is 6.08 Å². The van der Waals surface area contributed by atoms with Crippen LogP contribution in [0.5, 0.6) is 0 Å². The summed E-state index contributed by atoms with van der Waals surface area (Å²) in [4.78, 5) is 45.6. The van der Waals surface area contributed by atoms with Gasteiger partial charge >= 0.3 is 5.97 Å². The van der Waals surface area contributed by atoms with Gasteiger partial charge in [0.25, 0.3) is 0 Å². The fourth-order valence-corrected chi connectivity index (χ4v) is 9.21. The van der Waals surface area contributed by atoms with Crippen LogP contribution in [0.3, 0.4) is 0 Å². The van der Waals surface area contributed by atoms with Gasteiger partial charge in [0, 0.05) is 18.3 Å². The second-order valence-electron chi connectivity index (χ2n) is 11.2. The topological polar surface area (TPSA) is 87.1 Å². The number of likely N-dealkylation sites (tertiary alicyclic amines) is 1. The van der Waals surface area contributed by atoms with Crippen LogP contribution < -0.4 is 0 Å². The summed E-state index contributed by atoms with van der Waals surface area (Å²) < 4.78 is 4.70. The van der Waals surface area contributed by atoms with Crippen molar-refractivity contribution in [2.45, 2.75) is 62.2 Å². The molecule has 3 heterocycles. The van der Waals surface area contributed by atoms with Crippen LogP contribution in [0, 0.1) is 23.7 Å². The number of benzene rings is 1. The number of hydrogen-bond donors (Lipinski definition) is 1. The fraction of sp³-hybridized carbons (Fsp3) is 0.567. The first kappa shape index (κ1) is 28.4. The second-order valence-corrected chi connectivity index (χ2v) is 12.7. The van der Waals surface area contributed by atoms with Crippen molar-refractivity contribution < 1.29 is 24.2 Å². The molecule has 3 unspecified atom stereocenters. The predicted octanol–water partition coefficient (Wildman–Crippen LogP) is 3.67. The van der Waals surface area contributed by atoms with Gasteiger partial charge in [0.05, 0.1) is 29.2 Å². The molecular formula is C30H40N2O5S. The van der Waals surface area contributed by atoms with Crippen LogP contribution in [0.4, 0.5) is 0 Å². The standard InChI is InChI=1S/C30H40N2O5S/c1-6-13-31(17-21-11-9-8-10-12-21)28(35)26-30-20(5)16-23(38-30)24(29(36)37-14-7-2)25(30)27(34)32(26)22(18-33)15-19(3)4/h6-12,19-20,22-26,33H,1-2,13-18H2,3-5H3/t20?,22-,23-,24+,25+,26?,30?/m1/s1. The Kier molecular flexibility index (Phi) is 8.72. The summed E-state index contributed by atoms with van der Waals surface area (Å²) in [6, 6.07) is 8.45. The lowest BCUT2D eigenvalue weighted by molar-refractivity contribution is -0.154. The van der Waals surface area contributed by atoms with E-state index in [1.807, 2.05) is 44.2 Å². The maximum absolute atomic E-state index is 14.6. The third kappa shape index (κ3) is 4.81. The predicted molar refractivity (Wildman–Crippen MR) is 149 cm³/mol. The van der Waals surface area contributed by atoms with Gasteiger partial charge in [0.1, 0.15) is 12.6 Å². The number of esters is 1. The van der Waals surface area contributed by atoms with Crippen molar-refractivity contribution in [2.24, 2.45) is 23.7 Å². The Morgan fingerprint density at radius 2 is 1.97 bits per heavy atom. The van der Waals surface area contributed by atoms with Gasteiger partial charge in [-0.1, -0.05) is 69.8 Å². The number of thioether (sulfide) groups is 1. The van der Waals surface area contributed by atoms with E-state index in [2.05, 4.69) is 20.1 Å². The number of amides is 2. The van der Waals surface area contributed by atoms with Crippen molar-refractivity contribution in [1.82, 2.24) is 9.80 Å². The van der Waals surface area contributed by atoms with Crippen molar-refractivity contribution in [3.63, 3.8) is 0 Å². The Bertz CT molecular complexity index is 1060. The molecule has 2 bridgehead atoms. The second kappa shape index (κ2) is 11.7. The Labute approximate surface area is 230 Å². The van der Waals surface area contributed by atoms with Gasteiger partial charge in [0.15, 0.2) is 0 Å². The first-order valence-electron chi connectivity index (χ1n) is 13.5. The molecule has 0 aliphatic carbocycles. The molecule has 38 heavy (non-hydrogen) atoms. The van der Waals surface area contributed by atoms with E-state index < -0.39 is 34.6 Å². The van der Waals surface area contributed by atoms with E-state index in [-0.39, 0.29) is 42.1 Å². The third-order valence-electron chi connectivity index (χ3n) is 8.26. The quantitative estimate of drug-likeness (QED) is 0.322. The molecule has 1 N–H and O–H groups in total. The minimum atomic E-state index is -0.790. The zero-order valence-electron chi connectivity index (χ0n) is 22.6. The van der Waals surface area contributed by atoms with E-state index in [9.17, 15) is 19.5 Å². The summed E-state index contributed by atoms with van der Waals surface area (Å²) in [6.45, 7) is 14.2. The molecule has 206 valence electrons. The Morgan fingerprint density at radius 3 is 2.58 bits per heavy atom. The van der Waals surface area contributed by atoms with Crippen LogP contribution >= 0.6 is 11.8 Å². The number of aliphatic hydroxyl groups excluding tert-OH is 1. The minimum Gasteiger partial charge on any atom is -0.461 e. The number of carbonyl (C=O) groups is 3. The summed E-state index contributed by atoms with van der Waals surface area (Å²) in [5, 5.41) is 10.4. The summed E-state index contributed by atoms with van der Waals surface area (Å²) in [6.07, 6.45) is 4.51. The lowest BCUT2D eigenvalue weighted by atomic mass is 9.66. The van der Waals surface area contributed by atoms with E-state index in [0.717, 1.165) is 12.0 Å². The SMILES string of the molecule is C=CCOC(=O)[C@@H]1[C@H]2C(=O)N([C@@H](CO)CC(C)C)C(C(=O)N(CC=C)Cc3ccccc3)C23S[C@@H]1CC3C. The van der Waals surface area contributed by atoms with E-state index >= 15 is 0 Å². The van der Waals surface area contributed by atoms with Crippen LogP contribution in [-0.4, -0.2) is 74.5 Å². The zero-order chi connectivity index (χ0) is 27.6. The average Bonchev–Trinajstić information content (AvgIpc) is 3.49. The van der Waals surface area contributed by atoms with Gasteiger partial charge in [0.2, 0.25) is 11.8 Å². The van der Waals surface area contributed by atoms with Crippen molar-refractivity contribution in [2.75, 3.05) is 19.8 Å². The number of carbonyl (C=O) groups excluding carboxylic acids is 3. The number of nitrogens with zero attached hydrogens (tertiary/aromatic N) is 2. The lowest BCUT2D eigenvalue weighted by Gasteiger charge is -2.42. The van der Waals surface area contributed by atoms with Gasteiger partial charge in [-0.05, 0) is 30.2 Å². The maximum Gasteiger partial charge on any atom is 0.311 e. The van der Waals surface area contributed by atoms with Crippen LogP contribution in [0.15, 0.2) is 55.6 Å². The Balaban J connectivity index is 1.80. The highest BCUT2D eigenvalue weighted by atomic mass is 32.2.